The van der Waals surface area contributed by atoms with E-state index >= 15 is 0 Å². The Balaban J connectivity index is 1.52. The van der Waals surface area contributed by atoms with E-state index in [2.05, 4.69) is 21.9 Å². The highest BCUT2D eigenvalue weighted by molar-refractivity contribution is 5.17. The van der Waals surface area contributed by atoms with Crippen molar-refractivity contribution >= 4 is 0 Å². The number of piperazine rings is 1. The summed E-state index contributed by atoms with van der Waals surface area (Å²) in [5, 5.41) is 14.4. The highest BCUT2D eigenvalue weighted by atomic mass is 16.5. The maximum atomic E-state index is 10.4. The van der Waals surface area contributed by atoms with Crippen LogP contribution in [0.2, 0.25) is 0 Å². The molecule has 1 aliphatic rings. The number of nitrogens with zero attached hydrogens (tertiary/aromatic N) is 3. The molecule has 2 heterocycles. The minimum atomic E-state index is -0.429. The van der Waals surface area contributed by atoms with Crippen LogP contribution in [0.5, 0.6) is 0 Å². The summed E-state index contributed by atoms with van der Waals surface area (Å²) < 4.78 is 5.31. The molecule has 2 atom stereocenters. The lowest BCUT2D eigenvalue weighted by molar-refractivity contribution is 0.0334. The van der Waals surface area contributed by atoms with Crippen LogP contribution in [0.3, 0.4) is 0 Å². The maximum Gasteiger partial charge on any atom is 0.150 e. The van der Waals surface area contributed by atoms with E-state index in [0.717, 1.165) is 43.2 Å². The quantitative estimate of drug-likeness (QED) is 0.917. The molecule has 2 aromatic rings. The molecule has 3 rings (SSSR count). The fourth-order valence-corrected chi connectivity index (χ4v) is 3.20. The number of hydrogen-bond acceptors (Lipinski definition) is 5. The van der Waals surface area contributed by atoms with E-state index < -0.39 is 6.10 Å². The number of aryl methyl sites for hydroxylation is 1. The second kappa shape index (κ2) is 7.25. The van der Waals surface area contributed by atoms with Crippen molar-refractivity contribution in [2.45, 2.75) is 32.5 Å². The molecule has 124 valence electrons. The zero-order valence-corrected chi connectivity index (χ0v) is 13.9. The van der Waals surface area contributed by atoms with Gasteiger partial charge in [0.1, 0.15) is 0 Å². The Kier molecular flexibility index (Phi) is 5.10. The molecule has 1 N–H and O–H groups in total. The van der Waals surface area contributed by atoms with Gasteiger partial charge in [0.2, 0.25) is 0 Å². The Bertz CT molecular complexity index is 614. The first-order chi connectivity index (χ1) is 11.1. The molecule has 0 amide bonds. The lowest BCUT2D eigenvalue weighted by Gasteiger charge is -2.40. The molecule has 0 bridgehead atoms. The van der Waals surface area contributed by atoms with Crippen molar-refractivity contribution < 1.29 is 9.63 Å². The normalized spacial score (nSPS) is 21.4. The van der Waals surface area contributed by atoms with Gasteiger partial charge in [-0.1, -0.05) is 35.5 Å². The van der Waals surface area contributed by atoms with Crippen molar-refractivity contribution in [2.75, 3.05) is 26.2 Å². The van der Waals surface area contributed by atoms with E-state index in [-0.39, 0.29) is 0 Å². The Hall–Kier alpha value is -1.69. The van der Waals surface area contributed by atoms with Gasteiger partial charge in [-0.3, -0.25) is 9.80 Å². The lowest BCUT2D eigenvalue weighted by atomic mass is 10.1. The highest BCUT2D eigenvalue weighted by Crippen LogP contribution is 2.19. The fourth-order valence-electron chi connectivity index (χ4n) is 3.20. The van der Waals surface area contributed by atoms with Gasteiger partial charge in [-0.15, -0.1) is 0 Å². The number of rotatable bonds is 5. The van der Waals surface area contributed by atoms with Gasteiger partial charge in [-0.25, -0.2) is 0 Å². The summed E-state index contributed by atoms with van der Waals surface area (Å²) in [5.74, 6) is 0.924. The number of aliphatic hydroxyl groups excluding tert-OH is 1. The second-order valence-corrected chi connectivity index (χ2v) is 6.44. The number of aromatic nitrogens is 1. The average molecular weight is 315 g/mol. The summed E-state index contributed by atoms with van der Waals surface area (Å²) >= 11 is 0. The molecule has 0 radical (unpaired) electrons. The van der Waals surface area contributed by atoms with E-state index in [1.807, 2.05) is 43.3 Å². The fraction of sp³-hybridized carbons (Fsp3) is 0.500. The molecule has 5 heteroatoms. The zero-order chi connectivity index (χ0) is 16.2. The van der Waals surface area contributed by atoms with Crippen LogP contribution in [-0.2, 0) is 6.54 Å². The van der Waals surface area contributed by atoms with Gasteiger partial charge in [0.15, 0.2) is 5.76 Å². The number of β-amino-alcohol motifs (C(OH)–C–C–N with tert-alkyl or cyclic N) is 1. The SMILES string of the molecule is Cc1cc(CN2CCN(C[C@H](O)c3ccccc3)[C@@H](C)C2)on1. The van der Waals surface area contributed by atoms with E-state index in [1.54, 1.807) is 0 Å². The molecule has 1 fully saturated rings. The van der Waals surface area contributed by atoms with Gasteiger partial charge >= 0.3 is 0 Å². The van der Waals surface area contributed by atoms with Crippen molar-refractivity contribution in [1.82, 2.24) is 15.0 Å². The van der Waals surface area contributed by atoms with Crippen molar-refractivity contribution in [1.29, 1.82) is 0 Å². The third kappa shape index (κ3) is 4.19. The number of benzene rings is 1. The summed E-state index contributed by atoms with van der Waals surface area (Å²) in [7, 11) is 0. The van der Waals surface area contributed by atoms with Crippen molar-refractivity contribution in [3.8, 4) is 0 Å². The predicted molar refractivity (Wildman–Crippen MR) is 89.0 cm³/mol. The predicted octanol–water partition coefficient (Wildman–Crippen LogP) is 2.22. The van der Waals surface area contributed by atoms with Gasteiger partial charge in [-0.05, 0) is 19.4 Å². The minimum Gasteiger partial charge on any atom is -0.387 e. The molecule has 1 aromatic carbocycles. The molecular weight excluding hydrogens is 290 g/mol. The molecule has 0 aliphatic carbocycles. The topological polar surface area (TPSA) is 52.7 Å². The van der Waals surface area contributed by atoms with Crippen LogP contribution in [0.4, 0.5) is 0 Å². The Labute approximate surface area is 137 Å². The molecule has 0 saturated carbocycles. The molecule has 1 aromatic heterocycles. The molecule has 1 aliphatic heterocycles. The van der Waals surface area contributed by atoms with Crippen LogP contribution in [0.15, 0.2) is 40.9 Å². The van der Waals surface area contributed by atoms with Gasteiger partial charge in [0.05, 0.1) is 18.3 Å². The first kappa shape index (κ1) is 16.2. The molecule has 1 saturated heterocycles. The minimum absolute atomic E-state index is 0.408. The van der Waals surface area contributed by atoms with Crippen molar-refractivity contribution in [2.24, 2.45) is 0 Å². The van der Waals surface area contributed by atoms with Gasteiger partial charge < -0.3 is 9.63 Å². The van der Waals surface area contributed by atoms with E-state index in [9.17, 15) is 5.11 Å². The van der Waals surface area contributed by atoms with E-state index in [0.29, 0.717) is 12.6 Å². The van der Waals surface area contributed by atoms with Gasteiger partial charge in [0, 0.05) is 38.3 Å². The second-order valence-electron chi connectivity index (χ2n) is 6.44. The third-order valence-corrected chi connectivity index (χ3v) is 4.50. The van der Waals surface area contributed by atoms with Crippen LogP contribution >= 0.6 is 0 Å². The summed E-state index contributed by atoms with van der Waals surface area (Å²) in [6.07, 6.45) is -0.429. The first-order valence-corrected chi connectivity index (χ1v) is 8.23. The van der Waals surface area contributed by atoms with Crippen molar-refractivity contribution in [3.05, 3.63) is 53.4 Å². The van der Waals surface area contributed by atoms with Crippen LogP contribution in [-0.4, -0.2) is 52.3 Å². The third-order valence-electron chi connectivity index (χ3n) is 4.50. The monoisotopic (exact) mass is 315 g/mol. The zero-order valence-electron chi connectivity index (χ0n) is 13.9. The standard InChI is InChI=1S/C18H25N3O2/c1-14-10-17(23-19-14)12-20-8-9-21(15(2)11-20)13-18(22)16-6-4-3-5-7-16/h3-7,10,15,18,22H,8-9,11-13H2,1-2H3/t15-,18-/m0/s1. The van der Waals surface area contributed by atoms with E-state index in [4.69, 9.17) is 4.52 Å². The Morgan fingerprint density at radius 3 is 2.74 bits per heavy atom. The first-order valence-electron chi connectivity index (χ1n) is 8.23. The summed E-state index contributed by atoms with van der Waals surface area (Å²) in [4.78, 5) is 4.75. The van der Waals surface area contributed by atoms with Crippen LogP contribution in [0, 0.1) is 6.92 Å². The van der Waals surface area contributed by atoms with Crippen molar-refractivity contribution in [3.63, 3.8) is 0 Å². The average Bonchev–Trinajstić information content (AvgIpc) is 2.96. The molecule has 5 nitrogen and oxygen atoms in total. The summed E-state index contributed by atoms with van der Waals surface area (Å²) in [6.45, 7) is 8.56. The highest BCUT2D eigenvalue weighted by Gasteiger charge is 2.26. The van der Waals surface area contributed by atoms with Crippen LogP contribution < -0.4 is 0 Å². The van der Waals surface area contributed by atoms with Crippen LogP contribution in [0.1, 0.15) is 30.0 Å². The number of hydrogen-bond donors (Lipinski definition) is 1. The van der Waals surface area contributed by atoms with Gasteiger partial charge in [-0.2, -0.15) is 0 Å². The summed E-state index contributed by atoms with van der Waals surface area (Å²) in [5.41, 5.74) is 1.91. The summed E-state index contributed by atoms with van der Waals surface area (Å²) in [6, 6.07) is 12.3. The molecule has 0 spiro atoms. The Morgan fingerprint density at radius 1 is 1.30 bits per heavy atom. The largest absolute Gasteiger partial charge is 0.387 e. The Morgan fingerprint density at radius 2 is 2.09 bits per heavy atom. The molecule has 23 heavy (non-hydrogen) atoms. The van der Waals surface area contributed by atoms with E-state index in [1.165, 1.54) is 0 Å². The maximum absolute atomic E-state index is 10.4. The van der Waals surface area contributed by atoms with Gasteiger partial charge in [0.25, 0.3) is 0 Å². The van der Waals surface area contributed by atoms with Crippen LogP contribution in [0.25, 0.3) is 0 Å². The number of aliphatic hydroxyl groups is 1. The molecule has 0 unspecified atom stereocenters. The smallest absolute Gasteiger partial charge is 0.150 e. The lowest BCUT2D eigenvalue weighted by Crippen LogP contribution is -2.52. The molecular formula is C18H25N3O2.